The van der Waals surface area contributed by atoms with Gasteiger partial charge in [-0.3, -0.25) is 0 Å². The highest BCUT2D eigenvalue weighted by atomic mass is 32.1. The lowest BCUT2D eigenvalue weighted by Crippen LogP contribution is -2.10. The number of esters is 1. The monoisotopic (exact) mass is 391 g/mol. The molecule has 0 atom stereocenters. The maximum atomic E-state index is 12.3. The molecule has 0 aliphatic carbocycles. The van der Waals surface area contributed by atoms with Crippen molar-refractivity contribution in [2.75, 3.05) is 14.2 Å². The number of carbonyl (C=O) groups is 1. The second-order valence-electron chi connectivity index (χ2n) is 5.93. The molecule has 4 rings (SSSR count). The van der Waals surface area contributed by atoms with Gasteiger partial charge >= 0.3 is 5.97 Å². The molecule has 0 radical (unpaired) electrons. The van der Waals surface area contributed by atoms with E-state index >= 15 is 0 Å². The predicted octanol–water partition coefficient (Wildman–Crippen LogP) is 4.46. The molecule has 0 fully saturated rings. The lowest BCUT2D eigenvalue weighted by atomic mass is 10.1. The van der Waals surface area contributed by atoms with Gasteiger partial charge in [-0.2, -0.15) is 9.78 Å². The van der Waals surface area contributed by atoms with E-state index in [4.69, 9.17) is 9.47 Å². The van der Waals surface area contributed by atoms with Crippen LogP contribution in [0.1, 0.15) is 10.5 Å². The van der Waals surface area contributed by atoms with Gasteiger partial charge in [-0.05, 0) is 30.3 Å². The molecule has 0 saturated heterocycles. The van der Waals surface area contributed by atoms with E-state index in [0.29, 0.717) is 16.5 Å². The molecule has 28 heavy (non-hydrogen) atoms. The van der Waals surface area contributed by atoms with E-state index in [1.165, 1.54) is 23.1 Å². The number of rotatable bonds is 5. The summed E-state index contributed by atoms with van der Waals surface area (Å²) in [6.07, 6.45) is 0. The largest absolute Gasteiger partial charge is 0.497 e. The fraction of sp³-hybridized carbons (Fsp3) is 0.0952. The molecule has 2 aromatic heterocycles. The molecular weight excluding hydrogens is 374 g/mol. The summed E-state index contributed by atoms with van der Waals surface area (Å²) in [6.45, 7) is 0. The number of aromatic nitrogens is 3. The smallest absolute Gasteiger partial charge is 0.356 e. The highest BCUT2D eigenvalue weighted by molar-refractivity contribution is 7.12. The first-order chi connectivity index (χ1) is 13.7. The maximum absolute atomic E-state index is 12.3. The summed E-state index contributed by atoms with van der Waals surface area (Å²) in [6, 6.07) is 19.0. The van der Waals surface area contributed by atoms with E-state index in [9.17, 15) is 4.79 Å². The molecule has 2 heterocycles. The Bertz CT molecular complexity index is 1100. The summed E-state index contributed by atoms with van der Waals surface area (Å²) in [5.74, 6) is 0.322. The van der Waals surface area contributed by atoms with Gasteiger partial charge in [0.05, 0.1) is 25.6 Å². The van der Waals surface area contributed by atoms with E-state index in [1.807, 2.05) is 60.0 Å². The Morgan fingerprint density at radius 1 is 0.964 bits per heavy atom. The van der Waals surface area contributed by atoms with E-state index < -0.39 is 5.97 Å². The van der Waals surface area contributed by atoms with Gasteiger partial charge in [0.2, 0.25) is 5.13 Å². The minimum Gasteiger partial charge on any atom is -0.497 e. The van der Waals surface area contributed by atoms with Crippen LogP contribution in [-0.2, 0) is 4.74 Å². The fourth-order valence-electron chi connectivity index (χ4n) is 2.78. The standard InChI is InChI=1S/C21H17N3O3S/c1-26-16-10-8-15(9-11-16)18-13-28-21(22-18)24-19(20(25)27-2)12-17(23-24)14-6-4-3-5-7-14/h3-13H,1-2H3. The normalized spacial score (nSPS) is 10.6. The van der Waals surface area contributed by atoms with Crippen molar-refractivity contribution in [3.63, 3.8) is 0 Å². The van der Waals surface area contributed by atoms with Crippen LogP contribution in [0.4, 0.5) is 0 Å². The van der Waals surface area contributed by atoms with Crippen LogP contribution in [0.5, 0.6) is 5.75 Å². The first-order valence-electron chi connectivity index (χ1n) is 8.53. The Hall–Kier alpha value is -3.45. The minimum atomic E-state index is -0.462. The summed E-state index contributed by atoms with van der Waals surface area (Å²) < 4.78 is 11.7. The lowest BCUT2D eigenvalue weighted by Gasteiger charge is -2.02. The number of hydrogen-bond donors (Lipinski definition) is 0. The number of benzene rings is 2. The summed E-state index contributed by atoms with van der Waals surface area (Å²) in [7, 11) is 2.98. The number of hydrogen-bond acceptors (Lipinski definition) is 6. The number of thiazole rings is 1. The molecule has 0 aliphatic rings. The zero-order valence-electron chi connectivity index (χ0n) is 15.3. The van der Waals surface area contributed by atoms with Crippen LogP contribution < -0.4 is 4.74 Å². The van der Waals surface area contributed by atoms with Crippen molar-refractivity contribution in [2.24, 2.45) is 0 Å². The second-order valence-corrected chi connectivity index (χ2v) is 6.76. The van der Waals surface area contributed by atoms with E-state index in [-0.39, 0.29) is 0 Å². The van der Waals surface area contributed by atoms with Gasteiger partial charge in [-0.1, -0.05) is 30.3 Å². The lowest BCUT2D eigenvalue weighted by molar-refractivity contribution is 0.0590. The van der Waals surface area contributed by atoms with Gasteiger partial charge in [-0.15, -0.1) is 11.3 Å². The fourth-order valence-corrected chi connectivity index (χ4v) is 3.58. The summed E-state index contributed by atoms with van der Waals surface area (Å²) in [5.41, 5.74) is 3.69. The van der Waals surface area contributed by atoms with Gasteiger partial charge in [0.25, 0.3) is 0 Å². The van der Waals surface area contributed by atoms with Crippen molar-refractivity contribution in [1.82, 2.24) is 14.8 Å². The molecule has 0 saturated carbocycles. The Balaban J connectivity index is 1.75. The average molecular weight is 391 g/mol. The van der Waals surface area contributed by atoms with Crippen LogP contribution >= 0.6 is 11.3 Å². The van der Waals surface area contributed by atoms with Crippen LogP contribution in [-0.4, -0.2) is 35.0 Å². The SMILES string of the molecule is COC(=O)c1cc(-c2ccccc2)nn1-c1nc(-c2ccc(OC)cc2)cs1. The number of carbonyl (C=O) groups excluding carboxylic acids is 1. The summed E-state index contributed by atoms with van der Waals surface area (Å²) in [5, 5.41) is 7.12. The molecule has 6 nitrogen and oxygen atoms in total. The van der Waals surface area contributed by atoms with Crippen LogP contribution in [0, 0.1) is 0 Å². The van der Waals surface area contributed by atoms with Crippen LogP contribution in [0.2, 0.25) is 0 Å². The molecule has 0 N–H and O–H groups in total. The maximum Gasteiger partial charge on any atom is 0.356 e. The van der Waals surface area contributed by atoms with Gasteiger partial charge in [0.15, 0.2) is 5.69 Å². The third kappa shape index (κ3) is 3.39. The summed E-state index contributed by atoms with van der Waals surface area (Å²) in [4.78, 5) is 16.9. The molecule has 0 aliphatic heterocycles. The number of methoxy groups -OCH3 is 2. The quantitative estimate of drug-likeness (QED) is 0.470. The predicted molar refractivity (Wildman–Crippen MR) is 108 cm³/mol. The molecular formula is C21H17N3O3S. The average Bonchev–Trinajstić information content (AvgIpc) is 3.41. The first-order valence-corrected chi connectivity index (χ1v) is 9.41. The van der Waals surface area contributed by atoms with E-state index in [0.717, 1.165) is 22.6 Å². The van der Waals surface area contributed by atoms with Gasteiger partial charge < -0.3 is 9.47 Å². The van der Waals surface area contributed by atoms with Gasteiger partial charge in [0, 0.05) is 16.5 Å². The van der Waals surface area contributed by atoms with Crippen LogP contribution in [0.15, 0.2) is 66.0 Å². The minimum absolute atomic E-state index is 0.331. The van der Waals surface area contributed by atoms with Crippen molar-refractivity contribution in [1.29, 1.82) is 0 Å². The molecule has 2 aromatic carbocycles. The Morgan fingerprint density at radius 3 is 2.36 bits per heavy atom. The highest BCUT2D eigenvalue weighted by Gasteiger charge is 2.20. The number of ether oxygens (including phenoxy) is 2. The third-order valence-electron chi connectivity index (χ3n) is 4.23. The van der Waals surface area contributed by atoms with Gasteiger partial charge in [0.1, 0.15) is 5.75 Å². The molecule has 0 amide bonds. The van der Waals surface area contributed by atoms with Crippen molar-refractivity contribution >= 4 is 17.3 Å². The molecule has 140 valence electrons. The van der Waals surface area contributed by atoms with E-state index in [1.54, 1.807) is 13.2 Å². The Labute approximate surface area is 166 Å². The Kier molecular flexibility index (Phi) is 4.90. The number of nitrogens with zero attached hydrogens (tertiary/aromatic N) is 3. The third-order valence-corrected chi connectivity index (χ3v) is 5.05. The molecule has 0 spiro atoms. The van der Waals surface area contributed by atoms with E-state index in [2.05, 4.69) is 10.1 Å². The summed E-state index contributed by atoms with van der Waals surface area (Å²) >= 11 is 1.41. The molecule has 4 aromatic rings. The van der Waals surface area contributed by atoms with Crippen LogP contribution in [0.3, 0.4) is 0 Å². The molecule has 0 bridgehead atoms. The molecule has 7 heteroatoms. The second kappa shape index (κ2) is 7.66. The first kappa shape index (κ1) is 17.9. The van der Waals surface area contributed by atoms with Gasteiger partial charge in [-0.25, -0.2) is 9.78 Å². The zero-order chi connectivity index (χ0) is 19.5. The van der Waals surface area contributed by atoms with Crippen molar-refractivity contribution in [3.8, 4) is 33.4 Å². The van der Waals surface area contributed by atoms with Crippen molar-refractivity contribution in [2.45, 2.75) is 0 Å². The van der Waals surface area contributed by atoms with Crippen molar-refractivity contribution < 1.29 is 14.3 Å². The zero-order valence-corrected chi connectivity index (χ0v) is 16.1. The Morgan fingerprint density at radius 2 is 1.68 bits per heavy atom. The van der Waals surface area contributed by atoms with Crippen molar-refractivity contribution in [3.05, 3.63) is 71.7 Å². The van der Waals surface area contributed by atoms with Crippen LogP contribution in [0.25, 0.3) is 27.6 Å². The highest BCUT2D eigenvalue weighted by Crippen LogP contribution is 2.28. The molecule has 0 unspecified atom stereocenters. The topological polar surface area (TPSA) is 66.2 Å².